The number of rotatable bonds is 4. The lowest BCUT2D eigenvalue weighted by Crippen LogP contribution is -1.99. The second-order valence-electron chi connectivity index (χ2n) is 3.89. The third-order valence-electron chi connectivity index (χ3n) is 2.60. The van der Waals surface area contributed by atoms with E-state index in [0.29, 0.717) is 5.75 Å². The van der Waals surface area contributed by atoms with Crippen molar-refractivity contribution in [1.29, 1.82) is 0 Å². The molecule has 19 heavy (non-hydrogen) atoms. The lowest BCUT2D eigenvalue weighted by atomic mass is 10.2. The lowest BCUT2D eigenvalue weighted by Gasteiger charge is -2.07. The van der Waals surface area contributed by atoms with Gasteiger partial charge in [-0.1, -0.05) is 18.2 Å². The number of ether oxygens (including phenoxy) is 1. The summed E-state index contributed by atoms with van der Waals surface area (Å²) in [5, 5.41) is 0. The molecular weight excluding hydrogens is 331 g/mol. The number of halogens is 2. The summed E-state index contributed by atoms with van der Waals surface area (Å²) >= 11 is 3.37. The van der Waals surface area contributed by atoms with Crippen LogP contribution >= 0.6 is 15.9 Å². The maximum Gasteiger partial charge on any atom is 0.139 e. The van der Waals surface area contributed by atoms with Gasteiger partial charge in [-0.05, 0) is 45.8 Å². The highest BCUT2D eigenvalue weighted by molar-refractivity contribution is 9.10. The van der Waals surface area contributed by atoms with Gasteiger partial charge >= 0.3 is 0 Å². The summed E-state index contributed by atoms with van der Waals surface area (Å²) in [6, 6.07) is 11.6. The van der Waals surface area contributed by atoms with Crippen LogP contribution in [0.5, 0.6) is 5.75 Å². The van der Waals surface area contributed by atoms with E-state index in [1.165, 1.54) is 6.07 Å². The molecule has 0 aliphatic carbocycles. The fraction of sp³-hybridized carbons (Fsp3) is 0.143. The van der Waals surface area contributed by atoms with Gasteiger partial charge < -0.3 is 4.74 Å². The molecule has 2 nitrogen and oxygen atoms in total. The van der Waals surface area contributed by atoms with Crippen LogP contribution in [0.1, 0.15) is 5.56 Å². The molecule has 0 heterocycles. The predicted octanol–water partition coefficient (Wildman–Crippen LogP) is 3.90. The van der Waals surface area contributed by atoms with E-state index < -0.39 is 16.6 Å². The first-order valence-electron chi connectivity index (χ1n) is 5.57. The first-order valence-corrected chi connectivity index (χ1v) is 7.68. The second kappa shape index (κ2) is 6.30. The third-order valence-corrected chi connectivity index (χ3v) is 4.63. The Kier molecular flexibility index (Phi) is 4.71. The van der Waals surface area contributed by atoms with Crippen LogP contribution in [0.2, 0.25) is 0 Å². The lowest BCUT2D eigenvalue weighted by molar-refractivity contribution is 0.412. The number of hydrogen-bond acceptors (Lipinski definition) is 2. The van der Waals surface area contributed by atoms with Gasteiger partial charge in [0.1, 0.15) is 11.6 Å². The van der Waals surface area contributed by atoms with Gasteiger partial charge in [0.25, 0.3) is 0 Å². The van der Waals surface area contributed by atoms with Crippen LogP contribution in [0.15, 0.2) is 51.8 Å². The minimum Gasteiger partial charge on any atom is -0.496 e. The van der Waals surface area contributed by atoms with Gasteiger partial charge in [-0.15, -0.1) is 0 Å². The van der Waals surface area contributed by atoms with Crippen molar-refractivity contribution in [3.63, 3.8) is 0 Å². The fourth-order valence-corrected chi connectivity index (χ4v) is 3.40. The highest BCUT2D eigenvalue weighted by atomic mass is 79.9. The van der Waals surface area contributed by atoms with Crippen LogP contribution in [-0.4, -0.2) is 11.3 Å². The highest BCUT2D eigenvalue weighted by Gasteiger charge is 2.11. The van der Waals surface area contributed by atoms with Crippen molar-refractivity contribution < 1.29 is 13.3 Å². The van der Waals surface area contributed by atoms with Crippen molar-refractivity contribution in [2.24, 2.45) is 0 Å². The molecule has 5 heteroatoms. The second-order valence-corrected chi connectivity index (χ2v) is 6.16. The average molecular weight is 343 g/mol. The smallest absolute Gasteiger partial charge is 0.139 e. The maximum atomic E-state index is 13.5. The van der Waals surface area contributed by atoms with Crippen molar-refractivity contribution in [1.82, 2.24) is 0 Å². The fourth-order valence-electron chi connectivity index (χ4n) is 1.66. The number of hydrogen-bond donors (Lipinski definition) is 0. The van der Waals surface area contributed by atoms with Crippen molar-refractivity contribution in [3.8, 4) is 5.75 Å². The summed E-state index contributed by atoms with van der Waals surface area (Å²) in [7, 11) is 0.181. The van der Waals surface area contributed by atoms with E-state index in [-0.39, 0.29) is 10.6 Å². The molecule has 0 saturated heterocycles. The molecular formula is C14H12BrFO2S. The SMILES string of the molecule is COc1ccc(CS(=O)c2ccccc2F)cc1Br. The summed E-state index contributed by atoms with van der Waals surface area (Å²) in [6.45, 7) is 0. The van der Waals surface area contributed by atoms with Crippen molar-refractivity contribution in [2.75, 3.05) is 7.11 Å². The van der Waals surface area contributed by atoms with E-state index in [9.17, 15) is 8.60 Å². The Morgan fingerprint density at radius 1 is 1.26 bits per heavy atom. The Morgan fingerprint density at radius 3 is 2.63 bits per heavy atom. The molecule has 0 bridgehead atoms. The molecule has 2 aromatic carbocycles. The van der Waals surface area contributed by atoms with Crippen LogP contribution < -0.4 is 4.74 Å². The first kappa shape index (κ1) is 14.2. The van der Waals surface area contributed by atoms with Crippen molar-refractivity contribution in [2.45, 2.75) is 10.6 Å². The van der Waals surface area contributed by atoms with Gasteiger partial charge in [-0.25, -0.2) is 4.39 Å². The maximum absolute atomic E-state index is 13.5. The third kappa shape index (κ3) is 3.42. The molecule has 0 aliphatic heterocycles. The minimum absolute atomic E-state index is 0.231. The zero-order chi connectivity index (χ0) is 13.8. The van der Waals surface area contributed by atoms with Crippen LogP contribution in [0, 0.1) is 5.82 Å². The molecule has 0 aromatic heterocycles. The number of methoxy groups -OCH3 is 1. The van der Waals surface area contributed by atoms with Crippen LogP contribution in [0.25, 0.3) is 0 Å². The summed E-state index contributed by atoms with van der Waals surface area (Å²) in [4.78, 5) is 0.231. The van der Waals surface area contributed by atoms with Gasteiger partial charge in [0.05, 0.1) is 33.0 Å². The van der Waals surface area contributed by atoms with E-state index in [1.54, 1.807) is 31.4 Å². The monoisotopic (exact) mass is 342 g/mol. The molecule has 100 valence electrons. The zero-order valence-electron chi connectivity index (χ0n) is 10.2. The van der Waals surface area contributed by atoms with Gasteiger partial charge in [0.15, 0.2) is 0 Å². The molecule has 0 aliphatic rings. The molecule has 0 fully saturated rings. The Hall–Kier alpha value is -1.20. The molecule has 0 N–H and O–H groups in total. The standard InChI is InChI=1S/C14H12BrFO2S/c1-18-13-7-6-10(8-11(13)15)9-19(17)14-5-3-2-4-12(14)16/h2-8H,9H2,1H3. The molecule has 0 spiro atoms. The topological polar surface area (TPSA) is 26.3 Å². The van der Waals surface area contributed by atoms with Gasteiger partial charge in [-0.2, -0.15) is 0 Å². The summed E-state index contributed by atoms with van der Waals surface area (Å²) in [5.74, 6) is 0.539. The molecule has 2 aromatic rings. The largest absolute Gasteiger partial charge is 0.496 e. The van der Waals surface area contributed by atoms with E-state index in [1.807, 2.05) is 12.1 Å². The number of benzene rings is 2. The molecule has 0 amide bonds. The van der Waals surface area contributed by atoms with E-state index in [0.717, 1.165) is 10.0 Å². The molecule has 2 rings (SSSR count). The predicted molar refractivity (Wildman–Crippen MR) is 77.2 cm³/mol. The normalized spacial score (nSPS) is 12.2. The van der Waals surface area contributed by atoms with Crippen LogP contribution in [0.3, 0.4) is 0 Å². The zero-order valence-corrected chi connectivity index (χ0v) is 12.6. The quantitative estimate of drug-likeness (QED) is 0.842. The van der Waals surface area contributed by atoms with Crippen molar-refractivity contribution >= 4 is 26.7 Å². The Labute approximate surface area is 122 Å². The molecule has 0 radical (unpaired) electrons. The van der Waals surface area contributed by atoms with E-state index in [2.05, 4.69) is 15.9 Å². The van der Waals surface area contributed by atoms with Crippen LogP contribution in [0.4, 0.5) is 4.39 Å². The van der Waals surface area contributed by atoms with E-state index >= 15 is 0 Å². The summed E-state index contributed by atoms with van der Waals surface area (Å²) < 4.78 is 31.6. The molecule has 1 atom stereocenters. The van der Waals surface area contributed by atoms with E-state index in [4.69, 9.17) is 4.74 Å². The Balaban J connectivity index is 2.20. The Bertz CT molecular complexity index is 616. The average Bonchev–Trinajstić information content (AvgIpc) is 2.39. The van der Waals surface area contributed by atoms with Gasteiger partial charge in [0.2, 0.25) is 0 Å². The van der Waals surface area contributed by atoms with Gasteiger partial charge in [0, 0.05) is 0 Å². The van der Waals surface area contributed by atoms with Crippen molar-refractivity contribution in [3.05, 3.63) is 58.3 Å². The van der Waals surface area contributed by atoms with Crippen LogP contribution in [-0.2, 0) is 16.6 Å². The molecule has 1 unspecified atom stereocenters. The summed E-state index contributed by atoms with van der Waals surface area (Å²) in [6.07, 6.45) is 0. The Morgan fingerprint density at radius 2 is 2.00 bits per heavy atom. The van der Waals surface area contributed by atoms with Gasteiger partial charge in [-0.3, -0.25) is 4.21 Å². The highest BCUT2D eigenvalue weighted by Crippen LogP contribution is 2.26. The minimum atomic E-state index is -1.40. The first-order chi connectivity index (χ1) is 9.11. The summed E-state index contributed by atoms with van der Waals surface area (Å²) in [5.41, 5.74) is 0.856. The molecule has 0 saturated carbocycles.